The van der Waals surface area contributed by atoms with Crippen molar-refractivity contribution < 1.29 is 8.42 Å². The second kappa shape index (κ2) is 5.33. The maximum atomic E-state index is 11.7. The molecule has 1 fully saturated rings. The molecule has 0 saturated heterocycles. The summed E-state index contributed by atoms with van der Waals surface area (Å²) in [5, 5.41) is 0. The second-order valence-corrected chi connectivity index (χ2v) is 6.23. The molecule has 0 unspecified atom stereocenters. The molecule has 1 rings (SSSR count). The molecule has 0 atom stereocenters. The van der Waals surface area contributed by atoms with Crippen molar-refractivity contribution in [1.82, 2.24) is 4.31 Å². The molecule has 0 aromatic rings. The summed E-state index contributed by atoms with van der Waals surface area (Å²) >= 11 is 5.63. The Morgan fingerprint density at radius 1 is 1.36 bits per heavy atom. The topological polar surface area (TPSA) is 37.4 Å². The predicted molar refractivity (Wildman–Crippen MR) is 59.1 cm³/mol. The van der Waals surface area contributed by atoms with Crippen LogP contribution < -0.4 is 0 Å². The fraction of sp³-hybridized carbons (Fsp3) is 1.00. The molecular formula is C9H18ClNO2S. The molecule has 0 aliphatic heterocycles. The maximum Gasteiger partial charge on any atom is 0.214 e. The van der Waals surface area contributed by atoms with Crippen LogP contribution in [0.15, 0.2) is 0 Å². The minimum Gasteiger partial charge on any atom is -0.212 e. The van der Waals surface area contributed by atoms with Gasteiger partial charge in [-0.05, 0) is 19.8 Å². The molecule has 0 aromatic carbocycles. The lowest BCUT2D eigenvalue weighted by atomic mass is 10.2. The highest BCUT2D eigenvalue weighted by Crippen LogP contribution is 2.25. The second-order valence-electron chi connectivity index (χ2n) is 3.64. The van der Waals surface area contributed by atoms with Crippen LogP contribution in [-0.4, -0.2) is 36.9 Å². The van der Waals surface area contributed by atoms with Crippen LogP contribution in [0, 0.1) is 0 Å². The first-order chi connectivity index (χ1) is 6.61. The van der Waals surface area contributed by atoms with Crippen LogP contribution in [0.5, 0.6) is 0 Å². The van der Waals surface area contributed by atoms with E-state index in [0.29, 0.717) is 12.4 Å². The van der Waals surface area contributed by atoms with E-state index >= 15 is 0 Å². The molecule has 84 valence electrons. The van der Waals surface area contributed by atoms with Gasteiger partial charge in [-0.1, -0.05) is 12.8 Å². The molecule has 0 heterocycles. The molecule has 0 amide bonds. The van der Waals surface area contributed by atoms with E-state index in [-0.39, 0.29) is 11.8 Å². The van der Waals surface area contributed by atoms with E-state index in [4.69, 9.17) is 11.6 Å². The summed E-state index contributed by atoms with van der Waals surface area (Å²) in [6, 6.07) is 0.207. The van der Waals surface area contributed by atoms with Crippen molar-refractivity contribution in [3.8, 4) is 0 Å². The Hall–Kier alpha value is 0.200. The molecule has 1 saturated carbocycles. The van der Waals surface area contributed by atoms with Gasteiger partial charge in [0.25, 0.3) is 0 Å². The molecule has 0 N–H and O–H groups in total. The lowest BCUT2D eigenvalue weighted by Gasteiger charge is -2.26. The monoisotopic (exact) mass is 239 g/mol. The average Bonchev–Trinajstić information content (AvgIpc) is 2.66. The first-order valence-corrected chi connectivity index (χ1v) is 7.31. The summed E-state index contributed by atoms with van der Waals surface area (Å²) in [6.45, 7) is 2.15. The summed E-state index contributed by atoms with van der Waals surface area (Å²) in [6.07, 6.45) is 4.28. The Morgan fingerprint density at radius 3 is 2.36 bits per heavy atom. The highest BCUT2D eigenvalue weighted by Gasteiger charge is 2.29. The van der Waals surface area contributed by atoms with Crippen molar-refractivity contribution in [3.05, 3.63) is 0 Å². The quantitative estimate of drug-likeness (QED) is 0.687. The van der Waals surface area contributed by atoms with Gasteiger partial charge in [-0.2, -0.15) is 4.31 Å². The van der Waals surface area contributed by atoms with Gasteiger partial charge in [-0.3, -0.25) is 0 Å². The van der Waals surface area contributed by atoms with Gasteiger partial charge >= 0.3 is 0 Å². The molecule has 0 aromatic heterocycles. The Balaban J connectivity index is 2.72. The average molecular weight is 240 g/mol. The van der Waals surface area contributed by atoms with Crippen molar-refractivity contribution in [2.24, 2.45) is 0 Å². The van der Waals surface area contributed by atoms with Crippen molar-refractivity contribution in [1.29, 1.82) is 0 Å². The van der Waals surface area contributed by atoms with Crippen LogP contribution in [0.25, 0.3) is 0 Å². The third-order valence-corrected chi connectivity index (χ3v) is 4.85. The maximum absolute atomic E-state index is 11.7. The highest BCUT2D eigenvalue weighted by molar-refractivity contribution is 7.89. The van der Waals surface area contributed by atoms with Crippen LogP contribution >= 0.6 is 11.6 Å². The van der Waals surface area contributed by atoms with Gasteiger partial charge in [-0.15, -0.1) is 11.6 Å². The Labute approximate surface area is 91.5 Å². The Kier molecular flexibility index (Phi) is 4.67. The van der Waals surface area contributed by atoms with E-state index in [2.05, 4.69) is 0 Å². The van der Waals surface area contributed by atoms with Crippen LogP contribution in [0.3, 0.4) is 0 Å². The minimum atomic E-state index is -3.06. The van der Waals surface area contributed by atoms with Crippen LogP contribution in [0.4, 0.5) is 0 Å². The van der Waals surface area contributed by atoms with Gasteiger partial charge in [-0.25, -0.2) is 8.42 Å². The summed E-state index contributed by atoms with van der Waals surface area (Å²) in [4.78, 5) is 0. The Bertz CT molecular complexity index is 260. The lowest BCUT2D eigenvalue weighted by molar-refractivity contribution is 0.337. The van der Waals surface area contributed by atoms with Crippen molar-refractivity contribution >= 4 is 21.6 Å². The molecule has 0 radical (unpaired) electrons. The first kappa shape index (κ1) is 12.3. The summed E-state index contributed by atoms with van der Waals surface area (Å²) in [5.74, 6) is 0.566. The standard InChI is InChI=1S/C9H18ClNO2S/c1-2-14(12,13)11(8-7-10)9-5-3-4-6-9/h9H,2-8H2,1H3. The van der Waals surface area contributed by atoms with Gasteiger partial charge in [0.2, 0.25) is 10.0 Å². The lowest BCUT2D eigenvalue weighted by Crippen LogP contribution is -2.40. The van der Waals surface area contributed by atoms with Crippen molar-refractivity contribution in [2.75, 3.05) is 18.2 Å². The molecule has 0 bridgehead atoms. The molecule has 14 heavy (non-hydrogen) atoms. The van der Waals surface area contributed by atoms with Gasteiger partial charge in [0.05, 0.1) is 5.75 Å². The minimum absolute atomic E-state index is 0.181. The molecule has 1 aliphatic rings. The normalized spacial score (nSPS) is 19.4. The van der Waals surface area contributed by atoms with Crippen LogP contribution in [-0.2, 0) is 10.0 Å². The van der Waals surface area contributed by atoms with Crippen LogP contribution in [0.1, 0.15) is 32.6 Å². The number of hydrogen-bond donors (Lipinski definition) is 0. The smallest absolute Gasteiger partial charge is 0.212 e. The number of nitrogens with zero attached hydrogens (tertiary/aromatic N) is 1. The molecule has 3 nitrogen and oxygen atoms in total. The third-order valence-electron chi connectivity index (χ3n) is 2.76. The summed E-state index contributed by atoms with van der Waals surface area (Å²) < 4.78 is 25.1. The zero-order chi connectivity index (χ0) is 10.6. The number of hydrogen-bond acceptors (Lipinski definition) is 2. The molecular weight excluding hydrogens is 222 g/mol. The van der Waals surface area contributed by atoms with Crippen molar-refractivity contribution in [2.45, 2.75) is 38.6 Å². The zero-order valence-corrected chi connectivity index (χ0v) is 10.1. The third kappa shape index (κ3) is 2.84. The number of halogens is 1. The fourth-order valence-corrected chi connectivity index (χ4v) is 3.64. The predicted octanol–water partition coefficient (Wildman–Crippen LogP) is 1.82. The van der Waals surface area contributed by atoms with Gasteiger partial charge in [0.15, 0.2) is 0 Å². The van der Waals surface area contributed by atoms with Crippen molar-refractivity contribution in [3.63, 3.8) is 0 Å². The van der Waals surface area contributed by atoms with Gasteiger partial charge < -0.3 is 0 Å². The number of sulfonamides is 1. The Morgan fingerprint density at radius 2 is 1.93 bits per heavy atom. The largest absolute Gasteiger partial charge is 0.214 e. The van der Waals surface area contributed by atoms with E-state index in [1.807, 2.05) is 0 Å². The zero-order valence-electron chi connectivity index (χ0n) is 8.58. The van der Waals surface area contributed by atoms with E-state index in [1.54, 1.807) is 11.2 Å². The highest BCUT2D eigenvalue weighted by atomic mass is 35.5. The van der Waals surface area contributed by atoms with E-state index in [1.165, 1.54) is 0 Å². The number of alkyl halides is 1. The van der Waals surface area contributed by atoms with E-state index in [9.17, 15) is 8.42 Å². The fourth-order valence-electron chi connectivity index (χ4n) is 1.99. The van der Waals surface area contributed by atoms with E-state index in [0.717, 1.165) is 25.7 Å². The molecule has 5 heteroatoms. The van der Waals surface area contributed by atoms with Crippen LogP contribution in [0.2, 0.25) is 0 Å². The number of rotatable bonds is 5. The SMILES string of the molecule is CCS(=O)(=O)N(CCCl)C1CCCC1. The summed E-state index contributed by atoms with van der Waals surface area (Å²) in [5.41, 5.74) is 0. The summed E-state index contributed by atoms with van der Waals surface area (Å²) in [7, 11) is -3.06. The van der Waals surface area contributed by atoms with E-state index < -0.39 is 10.0 Å². The molecule has 1 aliphatic carbocycles. The first-order valence-electron chi connectivity index (χ1n) is 5.17. The van der Waals surface area contributed by atoms with Gasteiger partial charge in [0, 0.05) is 18.5 Å². The molecule has 0 spiro atoms. The van der Waals surface area contributed by atoms with Gasteiger partial charge in [0.1, 0.15) is 0 Å².